The van der Waals surface area contributed by atoms with Gasteiger partial charge in [0.25, 0.3) is 0 Å². The van der Waals surface area contributed by atoms with Crippen molar-refractivity contribution in [1.29, 1.82) is 0 Å². The highest BCUT2D eigenvalue weighted by molar-refractivity contribution is 8.03. The van der Waals surface area contributed by atoms with Gasteiger partial charge in [-0.25, -0.2) is 4.79 Å². The van der Waals surface area contributed by atoms with Crippen molar-refractivity contribution < 1.29 is 19.8 Å². The summed E-state index contributed by atoms with van der Waals surface area (Å²) in [5.74, 6) is -1.91. The SMILES string of the molecule is CNC/C=C/[C@@H]1C[C@H](SC2=C(C(=O)O)N3C(=O)[C@H]([C@@H](C)O)[C@H]3[C@H]2C)CN1. The van der Waals surface area contributed by atoms with Gasteiger partial charge in [-0.15, -0.1) is 11.8 Å². The summed E-state index contributed by atoms with van der Waals surface area (Å²) in [6.07, 6.45) is 4.39. The van der Waals surface area contributed by atoms with Crippen molar-refractivity contribution in [3.05, 3.63) is 22.8 Å². The average molecular weight is 381 g/mol. The summed E-state index contributed by atoms with van der Waals surface area (Å²) in [7, 11) is 1.90. The van der Waals surface area contributed by atoms with Gasteiger partial charge >= 0.3 is 5.97 Å². The fourth-order valence-electron chi connectivity index (χ4n) is 4.18. The molecule has 3 aliphatic heterocycles. The van der Waals surface area contributed by atoms with E-state index in [9.17, 15) is 19.8 Å². The topological polar surface area (TPSA) is 102 Å². The number of thioether (sulfide) groups is 1. The zero-order valence-corrected chi connectivity index (χ0v) is 16.1. The fraction of sp³-hybridized carbons (Fsp3) is 0.667. The molecule has 0 radical (unpaired) electrons. The van der Waals surface area contributed by atoms with E-state index in [0.29, 0.717) is 0 Å². The van der Waals surface area contributed by atoms with E-state index >= 15 is 0 Å². The number of nitrogens with one attached hydrogen (secondary N) is 2. The van der Waals surface area contributed by atoms with Crippen LogP contribution in [0.5, 0.6) is 0 Å². The first-order valence-electron chi connectivity index (χ1n) is 9.06. The van der Waals surface area contributed by atoms with Gasteiger partial charge in [-0.05, 0) is 20.4 Å². The standard InChI is InChI=1S/C18H27N3O4S/c1-9-14-13(10(2)22)17(23)21(14)15(18(24)25)16(9)26-12-7-11(20-8-12)5-4-6-19-3/h4-5,9-14,19-20,22H,6-8H2,1-3H3,(H,24,25)/b5-4+/t9-,10-,11-,12+,13-,14-/m1/s1. The van der Waals surface area contributed by atoms with Crippen LogP contribution < -0.4 is 10.6 Å². The number of nitrogens with zero attached hydrogens (tertiary/aromatic N) is 1. The van der Waals surface area contributed by atoms with Crippen LogP contribution in [0.4, 0.5) is 0 Å². The molecule has 0 unspecified atom stereocenters. The molecule has 26 heavy (non-hydrogen) atoms. The number of hydrogen-bond acceptors (Lipinski definition) is 6. The molecule has 3 heterocycles. The lowest BCUT2D eigenvalue weighted by Crippen LogP contribution is -2.63. The predicted molar refractivity (Wildman–Crippen MR) is 100 cm³/mol. The third-order valence-electron chi connectivity index (χ3n) is 5.42. The Morgan fingerprint density at radius 3 is 2.88 bits per heavy atom. The van der Waals surface area contributed by atoms with Crippen LogP contribution in [0.3, 0.4) is 0 Å². The van der Waals surface area contributed by atoms with Crippen LogP contribution in [-0.4, -0.2) is 70.6 Å². The molecule has 3 rings (SSSR count). The van der Waals surface area contributed by atoms with E-state index in [-0.39, 0.29) is 34.9 Å². The second-order valence-electron chi connectivity index (χ2n) is 7.25. The van der Waals surface area contributed by atoms with E-state index in [1.165, 1.54) is 4.90 Å². The maximum Gasteiger partial charge on any atom is 0.353 e. The first-order chi connectivity index (χ1) is 12.4. The van der Waals surface area contributed by atoms with Crippen molar-refractivity contribution in [3.8, 4) is 0 Å². The van der Waals surface area contributed by atoms with E-state index in [1.54, 1.807) is 18.7 Å². The molecule has 2 saturated heterocycles. The van der Waals surface area contributed by atoms with E-state index in [0.717, 1.165) is 24.4 Å². The summed E-state index contributed by atoms with van der Waals surface area (Å²) in [4.78, 5) is 26.3. The van der Waals surface area contributed by atoms with Gasteiger partial charge in [0, 0.05) is 35.2 Å². The zero-order chi connectivity index (χ0) is 19.0. The zero-order valence-electron chi connectivity index (χ0n) is 15.3. The second-order valence-corrected chi connectivity index (χ2v) is 8.59. The minimum atomic E-state index is -1.06. The van der Waals surface area contributed by atoms with Gasteiger partial charge in [0.2, 0.25) is 5.91 Å². The molecule has 8 heteroatoms. The second kappa shape index (κ2) is 7.72. The van der Waals surface area contributed by atoms with E-state index in [1.807, 2.05) is 14.0 Å². The normalized spacial score (nSPS) is 35.2. The molecule has 7 nitrogen and oxygen atoms in total. The Labute approximate surface area is 157 Å². The highest BCUT2D eigenvalue weighted by atomic mass is 32.2. The number of aliphatic hydroxyl groups excluding tert-OH is 1. The number of carboxylic acids is 1. The van der Waals surface area contributed by atoms with Gasteiger partial charge in [-0.1, -0.05) is 19.1 Å². The summed E-state index contributed by atoms with van der Waals surface area (Å²) in [5.41, 5.74) is 0.114. The number of likely N-dealkylation sites (N-methyl/N-ethyl adjacent to an activating group) is 1. The predicted octanol–water partition coefficient (Wildman–Crippen LogP) is 0.379. The largest absolute Gasteiger partial charge is 0.477 e. The number of β-lactam (4-membered cyclic amide) rings is 1. The molecular formula is C18H27N3O4S. The van der Waals surface area contributed by atoms with Crippen LogP contribution in [0.25, 0.3) is 0 Å². The third-order valence-corrected chi connectivity index (χ3v) is 6.93. The molecule has 144 valence electrons. The quantitative estimate of drug-likeness (QED) is 0.373. The number of hydrogen-bond donors (Lipinski definition) is 4. The van der Waals surface area contributed by atoms with E-state index in [2.05, 4.69) is 22.8 Å². The van der Waals surface area contributed by atoms with Gasteiger partial charge < -0.3 is 25.7 Å². The lowest BCUT2D eigenvalue weighted by atomic mass is 9.79. The van der Waals surface area contributed by atoms with Crippen molar-refractivity contribution in [1.82, 2.24) is 15.5 Å². The van der Waals surface area contributed by atoms with E-state index < -0.39 is 18.0 Å². The summed E-state index contributed by atoms with van der Waals surface area (Å²) >= 11 is 1.58. The van der Waals surface area contributed by atoms with Crippen molar-refractivity contribution in [2.24, 2.45) is 11.8 Å². The van der Waals surface area contributed by atoms with Gasteiger partial charge in [0.15, 0.2) is 0 Å². The maximum absolute atomic E-state index is 12.4. The van der Waals surface area contributed by atoms with Crippen molar-refractivity contribution in [3.63, 3.8) is 0 Å². The van der Waals surface area contributed by atoms with Crippen molar-refractivity contribution in [2.45, 2.75) is 43.7 Å². The Morgan fingerprint density at radius 1 is 1.54 bits per heavy atom. The molecule has 0 bridgehead atoms. The first-order valence-corrected chi connectivity index (χ1v) is 9.94. The van der Waals surface area contributed by atoms with Gasteiger partial charge in [0.1, 0.15) is 5.70 Å². The summed E-state index contributed by atoms with van der Waals surface area (Å²) in [6.45, 7) is 5.19. The van der Waals surface area contributed by atoms with Crippen LogP contribution in [-0.2, 0) is 9.59 Å². The molecular weight excluding hydrogens is 354 g/mol. The Balaban J connectivity index is 1.73. The molecule has 3 aliphatic rings. The van der Waals surface area contributed by atoms with Crippen LogP contribution in [0.1, 0.15) is 20.3 Å². The lowest BCUT2D eigenvalue weighted by Gasteiger charge is -2.46. The number of carbonyl (C=O) groups excluding carboxylic acids is 1. The van der Waals surface area contributed by atoms with Crippen LogP contribution in [0, 0.1) is 11.8 Å². The van der Waals surface area contributed by atoms with Gasteiger partial charge in [-0.3, -0.25) is 4.79 Å². The summed E-state index contributed by atoms with van der Waals surface area (Å²) in [5, 5.41) is 26.4. The lowest BCUT2D eigenvalue weighted by molar-refractivity contribution is -0.163. The highest BCUT2D eigenvalue weighted by Crippen LogP contribution is 2.51. The first kappa shape index (κ1) is 19.4. The average Bonchev–Trinajstić information content (AvgIpc) is 3.10. The smallest absolute Gasteiger partial charge is 0.353 e. The van der Waals surface area contributed by atoms with Gasteiger partial charge in [0.05, 0.1) is 18.1 Å². The van der Waals surface area contributed by atoms with Crippen molar-refractivity contribution in [2.75, 3.05) is 20.1 Å². The molecule has 4 N–H and O–H groups in total. The molecule has 0 aromatic heterocycles. The Bertz CT molecular complexity index is 648. The Kier molecular flexibility index (Phi) is 5.76. The number of carbonyl (C=O) groups is 2. The van der Waals surface area contributed by atoms with Crippen LogP contribution in [0.15, 0.2) is 22.8 Å². The number of rotatable bonds is 7. The fourth-order valence-corrected chi connectivity index (χ4v) is 5.67. The number of carboxylic acid groups (broad SMARTS) is 1. The molecule has 1 amide bonds. The number of aliphatic hydroxyl groups is 1. The van der Waals surface area contributed by atoms with E-state index in [4.69, 9.17) is 0 Å². The van der Waals surface area contributed by atoms with Crippen LogP contribution in [0.2, 0.25) is 0 Å². The third kappa shape index (κ3) is 3.31. The Hall–Kier alpha value is -1.35. The molecule has 0 saturated carbocycles. The van der Waals surface area contributed by atoms with Crippen molar-refractivity contribution >= 4 is 23.6 Å². The number of fused-ring (bicyclic) bond motifs is 1. The molecule has 0 aromatic rings. The molecule has 6 atom stereocenters. The molecule has 0 spiro atoms. The minimum Gasteiger partial charge on any atom is -0.477 e. The summed E-state index contributed by atoms with van der Waals surface area (Å²) in [6, 6.07) is 0.0482. The monoisotopic (exact) mass is 381 g/mol. The Morgan fingerprint density at radius 2 is 2.27 bits per heavy atom. The summed E-state index contributed by atoms with van der Waals surface area (Å²) < 4.78 is 0. The highest BCUT2D eigenvalue weighted by Gasteiger charge is 2.60. The van der Waals surface area contributed by atoms with Crippen LogP contribution >= 0.6 is 11.8 Å². The molecule has 2 fully saturated rings. The minimum absolute atomic E-state index is 0.0673. The number of amides is 1. The maximum atomic E-state index is 12.4. The van der Waals surface area contributed by atoms with Gasteiger partial charge in [-0.2, -0.15) is 0 Å². The number of aliphatic carboxylic acids is 1. The molecule has 0 aromatic carbocycles. The molecule has 0 aliphatic carbocycles.